The second-order valence-corrected chi connectivity index (χ2v) is 55.6. The smallest absolute Gasteiger partial charge is 0.248 e. The van der Waals surface area contributed by atoms with E-state index in [2.05, 4.69) is 166 Å². The molecule has 6 heterocycles. The van der Waals surface area contributed by atoms with Gasteiger partial charge in [-0.05, 0) is 268 Å². The zero-order chi connectivity index (χ0) is 117. The van der Waals surface area contributed by atoms with Crippen molar-refractivity contribution in [2.75, 3.05) is 241 Å². The summed E-state index contributed by atoms with van der Waals surface area (Å²) in [5.41, 5.74) is 0. The van der Waals surface area contributed by atoms with E-state index in [1.165, 1.54) is 63.7 Å². The molecule has 1 atom stereocenters. The van der Waals surface area contributed by atoms with Crippen LogP contribution in [0.2, 0.25) is 0 Å². The number of sulfonamides is 4. The lowest BCUT2D eigenvalue weighted by Gasteiger charge is -2.36. The molecule has 1 unspecified atom stereocenters. The first-order valence-electron chi connectivity index (χ1n) is 54.8. The predicted molar refractivity (Wildman–Crippen MR) is 616 cm³/mol. The molecule has 1 aliphatic carbocycles. The van der Waals surface area contributed by atoms with E-state index in [4.69, 9.17) is 24.1 Å². The van der Waals surface area contributed by atoms with E-state index in [1.54, 1.807) is 103 Å². The van der Waals surface area contributed by atoms with E-state index < -0.39 is 49.9 Å². The zero-order valence-corrected chi connectivity index (χ0v) is 107. The van der Waals surface area contributed by atoms with Crippen LogP contribution in [-0.4, -0.2) is 488 Å². The number of carbonyl (C=O) groups excluding carboxylic acids is 6. The summed E-state index contributed by atoms with van der Waals surface area (Å²) in [6, 6.07) is 3.17. The number of piperidine rings is 2. The van der Waals surface area contributed by atoms with E-state index >= 15 is 0 Å². The van der Waals surface area contributed by atoms with Gasteiger partial charge in [0.15, 0.2) is 0 Å². The van der Waals surface area contributed by atoms with Crippen LogP contribution in [0.15, 0.2) is 0 Å². The average molecular weight is 2230 g/mol. The Balaban J connectivity index is -0.000000291. The fourth-order valence-electron chi connectivity index (χ4n) is 13.9. The quantitative estimate of drug-likeness (QED) is 0.0604. The van der Waals surface area contributed by atoms with Crippen LogP contribution in [0.25, 0.3) is 0 Å². The van der Waals surface area contributed by atoms with Crippen molar-refractivity contribution >= 4 is 85.4 Å². The van der Waals surface area contributed by atoms with Crippen LogP contribution in [0, 0.1) is 11.8 Å². The highest BCUT2D eigenvalue weighted by molar-refractivity contribution is 7.91. The summed E-state index contributed by atoms with van der Waals surface area (Å²) in [6.45, 7) is 84.6. The molecule has 0 bridgehead atoms. The number of amides is 6. The predicted octanol–water partition coefficient (Wildman–Crippen LogP) is 12.0. The number of piperazine rings is 4. The summed E-state index contributed by atoms with van der Waals surface area (Å²) in [4.78, 5) is 88.4. The number of ether oxygens (including phenoxy) is 4. The van der Waals surface area contributed by atoms with Gasteiger partial charge in [-0.25, -0.2) is 55.0 Å². The van der Waals surface area contributed by atoms with Gasteiger partial charge in [0.25, 0.3) is 0 Å². The molecule has 7 rings (SSSR count). The SMILES string of the molecule is CC(C)CC(=O)N(C)C.CC(C)CCC(=O)N(C)C.CC(C)N1CCC(S(=O)(=O)N(C)C)CC1.CC(C)N1CCC(S(C)(=O)=O)CC1.CC(C)N1CCN(C)C(=O)C1.CC(C)N1CCN(S(C)(=O)=O)CC1.CC(C)N1CCNC(=O)C1.CC(C)OC1CCC1.CC(C)OCC(=O)N(C)C.CC(C)S(=O)(=O)N(C)C.CCC(=O)N1CCN(C(C)C)CC1.CCC(O)COC(C)C.CCCOC(C)C.CCN(CC)S(=O)(=O)C(C)C. The molecule has 0 aromatic carbocycles. The molecule has 6 aliphatic heterocycles. The van der Waals surface area contributed by atoms with Gasteiger partial charge in [-0.2, -0.15) is 4.31 Å². The molecule has 6 saturated heterocycles. The Morgan fingerprint density at radius 2 is 0.811 bits per heavy atom. The molecule has 37 nitrogen and oxygen atoms in total. The summed E-state index contributed by atoms with van der Waals surface area (Å²) in [7, 11) is 3.95. The number of hydrogen-bond donors (Lipinski definition) is 2. The minimum absolute atomic E-state index is 0.00806. The highest BCUT2D eigenvalue weighted by Crippen LogP contribution is 2.24. The number of likely N-dealkylation sites (tertiary alicyclic amines) is 2. The van der Waals surface area contributed by atoms with Crippen molar-refractivity contribution in [3.05, 3.63) is 0 Å². The number of aliphatic hydroxyl groups excluding tert-OH is 1. The van der Waals surface area contributed by atoms with E-state index in [-0.39, 0.29) is 75.5 Å². The molecule has 1 saturated carbocycles. The first-order valence-corrected chi connectivity index (χ1v) is 63.1. The minimum Gasteiger partial charge on any atom is -0.391 e. The number of nitrogens with one attached hydrogen (secondary N) is 1. The highest BCUT2D eigenvalue weighted by atomic mass is 32.2. The van der Waals surface area contributed by atoms with E-state index in [0.717, 1.165) is 143 Å². The van der Waals surface area contributed by atoms with Crippen LogP contribution in [0.4, 0.5) is 0 Å². The second kappa shape index (κ2) is 85.1. The standard InChI is InChI=1S/C10H22N2O2S.C10H20N2O.C9H19NO2S.C8H18N2O2S.C8H16N2O.C8H17NO.C7H14N2O.C7H17NO2S.C7H15NO2.C7H15NO.C7H16O2.C7H14O.C6H14O.C5H13NO2S/c1-9(2)12-7-5-10(6-8-12)15(13,14)11(3)4;1-4-10(13)12-7-5-11(6-8-12)9(2)3;1-8(2)10-6-4-9(5-7-10)13(3,11)12;1-8(2)9-4-6-10(7-5-9)13(3,11)12;1-7(2)10-5-4-9(3)8(11)6-10;1-7(2)5-6-8(10)9(3)4;1-6(2)9-4-3-8-7(10)5-9;1-5-8(6-2)11(9,10)7(3)4;1-6(2)10-5-7(9)8(3)4;1-6(2)5-7(9)8(3)4;1-4-7(8)5-9-6(2)3;1-6(2)8-7-4-3-5-7;1-4-5-7-6(2)3;1-5(2)9(7,8)6(3)4/h9-10H,5-8H2,1-4H3;9H,4-8H2,1-3H3;8-9H,4-7H2,1-3H3;8H,4-7H2,1-3H3;7H,4-6H2,1-3H3;7H,5-6H2,1-4H3;6H,3-5H2,1-2H3,(H,8,10);7H,5-6H2,1-4H3;6H,5H2,1-4H3;6H,5H2,1-4H3;6-8H,4-5H2,1-3H3;6-7H,3-5H2,1-2H3;6H,4-5H2,1-3H3;5H,1-4H3. The number of rotatable bonds is 34. The molecule has 890 valence electrons. The number of aliphatic hydroxyl groups is 1. The summed E-state index contributed by atoms with van der Waals surface area (Å²) >= 11 is 0. The molecule has 7 aliphatic rings. The first kappa shape index (κ1) is 157. The summed E-state index contributed by atoms with van der Waals surface area (Å²) < 4.78 is 140. The maximum absolute atomic E-state index is 11.9. The van der Waals surface area contributed by atoms with E-state index in [0.29, 0.717) is 137 Å². The molecule has 2 N–H and O–H groups in total. The molecule has 6 amide bonds. The van der Waals surface area contributed by atoms with Gasteiger partial charge in [-0.15, -0.1) is 0 Å². The maximum atomic E-state index is 11.9. The van der Waals surface area contributed by atoms with Crippen LogP contribution in [0.1, 0.15) is 312 Å². The van der Waals surface area contributed by atoms with Crippen molar-refractivity contribution in [2.45, 2.75) is 406 Å². The average Bonchev–Trinajstić information content (AvgIpc) is 0.828. The van der Waals surface area contributed by atoms with Gasteiger partial charge >= 0.3 is 0 Å². The van der Waals surface area contributed by atoms with Crippen LogP contribution >= 0.6 is 0 Å². The van der Waals surface area contributed by atoms with Gasteiger partial charge in [-0.1, -0.05) is 62.3 Å². The Bertz CT molecular complexity index is 3860. The molecule has 148 heavy (non-hydrogen) atoms. The molecule has 0 aromatic rings. The summed E-state index contributed by atoms with van der Waals surface area (Å²) in [6.07, 6.45) is 16.1. The van der Waals surface area contributed by atoms with Gasteiger partial charge in [-0.3, -0.25) is 48.4 Å². The van der Waals surface area contributed by atoms with Crippen molar-refractivity contribution < 1.29 is 94.9 Å². The van der Waals surface area contributed by atoms with Gasteiger partial charge in [0.2, 0.25) is 75.5 Å². The number of nitrogens with zero attached hydrogens (tertiary/aromatic N) is 15. The lowest BCUT2D eigenvalue weighted by molar-refractivity contribution is -0.135. The Kier molecular flexibility index (Phi) is 90.2. The van der Waals surface area contributed by atoms with Gasteiger partial charge in [0.1, 0.15) is 16.4 Å². The Labute approximate surface area is 909 Å². The Morgan fingerprint density at radius 3 is 1.06 bits per heavy atom. The Hall–Kier alpha value is -4.03. The third kappa shape index (κ3) is 79.8. The molecule has 0 aromatic heterocycles. The number of carbonyl (C=O) groups is 6. The molecular formula is C106H230N16O21S5. The van der Waals surface area contributed by atoms with Crippen molar-refractivity contribution in [2.24, 2.45) is 11.8 Å². The minimum atomic E-state index is -3.04. The lowest BCUT2D eigenvalue weighted by atomic mass is 9.96. The van der Waals surface area contributed by atoms with Crippen LogP contribution in [-0.2, 0) is 97.6 Å². The molecule has 42 heteroatoms. The van der Waals surface area contributed by atoms with E-state index in [1.807, 2.05) is 81.2 Å². The van der Waals surface area contributed by atoms with Crippen molar-refractivity contribution in [3.8, 4) is 0 Å². The molecular weight excluding hydrogens is 1990 g/mol. The van der Waals surface area contributed by atoms with Crippen molar-refractivity contribution in [3.63, 3.8) is 0 Å². The molecule has 0 radical (unpaired) electrons. The lowest BCUT2D eigenvalue weighted by Crippen LogP contribution is -2.50. The number of likely N-dealkylation sites (N-methyl/N-ethyl adjacent to an activating group) is 2. The van der Waals surface area contributed by atoms with Gasteiger partial charge in [0.05, 0.1) is 83.6 Å². The second-order valence-electron chi connectivity index (χ2n) is 43.7. The van der Waals surface area contributed by atoms with Crippen LogP contribution in [0.5, 0.6) is 0 Å². The monoisotopic (exact) mass is 2220 g/mol. The normalized spacial score (nSPS) is 17.1. The topological polar surface area (TPSA) is 391 Å². The molecule has 7 fully saturated rings. The largest absolute Gasteiger partial charge is 0.391 e. The third-order valence-corrected chi connectivity index (χ3v) is 34.7. The van der Waals surface area contributed by atoms with Gasteiger partial charge < -0.3 is 63.7 Å². The fourth-order valence-corrected chi connectivity index (χ4v) is 19.3. The Morgan fingerprint density at radius 1 is 0.426 bits per heavy atom. The third-order valence-electron chi connectivity index (χ3n) is 24.7. The van der Waals surface area contributed by atoms with Crippen LogP contribution in [0.3, 0.4) is 0 Å². The van der Waals surface area contributed by atoms with Crippen LogP contribution < -0.4 is 5.32 Å². The first-order chi connectivity index (χ1) is 67.8. The summed E-state index contributed by atoms with van der Waals surface area (Å²) in [5.74, 6) is 2.24. The van der Waals surface area contributed by atoms with Crippen molar-refractivity contribution in [1.29, 1.82) is 0 Å². The van der Waals surface area contributed by atoms with E-state index in [9.17, 15) is 70.9 Å². The maximum Gasteiger partial charge on any atom is 0.248 e. The fraction of sp³-hybridized carbons (Fsp3) is 0.943. The van der Waals surface area contributed by atoms with Gasteiger partial charge in [0, 0.05) is 238 Å². The summed E-state index contributed by atoms with van der Waals surface area (Å²) in [5, 5.41) is 10.9. The number of sulfone groups is 1. The number of hydrogen-bond acceptors (Lipinski definition) is 27. The zero-order valence-electron chi connectivity index (χ0n) is 103. The highest BCUT2D eigenvalue weighted by Gasteiger charge is 2.34. The van der Waals surface area contributed by atoms with Crippen molar-refractivity contribution in [1.82, 2.24) is 76.4 Å². The molecule has 0 spiro atoms.